The molecule has 4 rings (SSSR count). The molecule has 0 saturated carbocycles. The van der Waals surface area contributed by atoms with E-state index >= 15 is 0 Å². The molecule has 1 atom stereocenters. The second-order valence-electron chi connectivity index (χ2n) is 6.39. The summed E-state index contributed by atoms with van der Waals surface area (Å²) in [5, 5.41) is 10.2. The number of hydrogen-bond acceptors (Lipinski definition) is 6. The van der Waals surface area contributed by atoms with Crippen molar-refractivity contribution < 1.29 is 4.79 Å². The first-order chi connectivity index (χ1) is 13.2. The monoisotopic (exact) mass is 383 g/mol. The summed E-state index contributed by atoms with van der Waals surface area (Å²) < 4.78 is 1.70. The van der Waals surface area contributed by atoms with E-state index in [9.17, 15) is 4.79 Å². The number of amides is 2. The Morgan fingerprint density at radius 2 is 1.96 bits per heavy atom. The lowest BCUT2D eigenvalue weighted by atomic mass is 10.1. The standard InChI is InChI=1S/C18H21N7OS/c1-14(15-2-4-16(5-3-15)25-13-19-12-21-25)22-17(26)23-7-9-24(10-8-23)18-20-6-11-27-18/h2-6,11-14H,7-10H2,1H3,(H,22,26). The van der Waals surface area contributed by atoms with Crippen LogP contribution in [0.15, 0.2) is 48.5 Å². The zero-order chi connectivity index (χ0) is 18.6. The largest absolute Gasteiger partial charge is 0.345 e. The van der Waals surface area contributed by atoms with Crippen LogP contribution in [-0.2, 0) is 0 Å². The zero-order valence-electron chi connectivity index (χ0n) is 15.0. The van der Waals surface area contributed by atoms with Crippen molar-refractivity contribution in [3.63, 3.8) is 0 Å². The topological polar surface area (TPSA) is 79.2 Å². The van der Waals surface area contributed by atoms with E-state index in [2.05, 4.69) is 25.3 Å². The number of carbonyl (C=O) groups excluding carboxylic acids is 1. The summed E-state index contributed by atoms with van der Waals surface area (Å²) in [6.45, 7) is 5.00. The fourth-order valence-corrected chi connectivity index (χ4v) is 3.79. The molecule has 1 fully saturated rings. The summed E-state index contributed by atoms with van der Waals surface area (Å²) in [5.41, 5.74) is 1.99. The lowest BCUT2D eigenvalue weighted by Gasteiger charge is -2.35. The van der Waals surface area contributed by atoms with Gasteiger partial charge >= 0.3 is 6.03 Å². The first kappa shape index (κ1) is 17.5. The van der Waals surface area contributed by atoms with Gasteiger partial charge in [-0.2, -0.15) is 5.10 Å². The van der Waals surface area contributed by atoms with Crippen molar-refractivity contribution in [1.29, 1.82) is 0 Å². The maximum absolute atomic E-state index is 12.6. The fraction of sp³-hybridized carbons (Fsp3) is 0.333. The van der Waals surface area contributed by atoms with Crippen molar-refractivity contribution in [2.45, 2.75) is 13.0 Å². The number of anilines is 1. The van der Waals surface area contributed by atoms with Gasteiger partial charge < -0.3 is 15.1 Å². The number of urea groups is 1. The number of nitrogens with zero attached hydrogens (tertiary/aromatic N) is 6. The Morgan fingerprint density at radius 1 is 1.19 bits per heavy atom. The van der Waals surface area contributed by atoms with Crippen LogP contribution in [0.5, 0.6) is 0 Å². The number of rotatable bonds is 4. The van der Waals surface area contributed by atoms with Crippen molar-refractivity contribution in [3.8, 4) is 5.69 Å². The molecule has 9 heteroatoms. The molecule has 8 nitrogen and oxygen atoms in total. The van der Waals surface area contributed by atoms with E-state index in [1.807, 2.05) is 47.7 Å². The average Bonchev–Trinajstić information content (AvgIpc) is 3.42. The number of hydrogen-bond donors (Lipinski definition) is 1. The molecule has 3 aromatic rings. The van der Waals surface area contributed by atoms with E-state index in [4.69, 9.17) is 0 Å². The van der Waals surface area contributed by atoms with Crippen LogP contribution in [0.3, 0.4) is 0 Å². The van der Waals surface area contributed by atoms with E-state index in [1.54, 1.807) is 22.3 Å². The van der Waals surface area contributed by atoms with Gasteiger partial charge in [-0.05, 0) is 24.6 Å². The first-order valence-electron chi connectivity index (χ1n) is 8.85. The van der Waals surface area contributed by atoms with E-state index in [-0.39, 0.29) is 12.1 Å². The molecular formula is C18H21N7OS. The summed E-state index contributed by atoms with van der Waals surface area (Å²) >= 11 is 1.63. The second kappa shape index (κ2) is 7.75. The van der Waals surface area contributed by atoms with Gasteiger partial charge in [0.2, 0.25) is 0 Å². The van der Waals surface area contributed by atoms with E-state index in [0.29, 0.717) is 13.1 Å². The smallest absolute Gasteiger partial charge is 0.317 e. The lowest BCUT2D eigenvalue weighted by Crippen LogP contribution is -2.52. The predicted octanol–water partition coefficient (Wildman–Crippen LogP) is 2.32. The number of thiazole rings is 1. The fourth-order valence-electron chi connectivity index (χ4n) is 3.09. The molecule has 0 bridgehead atoms. The molecule has 2 aromatic heterocycles. The van der Waals surface area contributed by atoms with Crippen LogP contribution >= 0.6 is 11.3 Å². The third-order valence-corrected chi connectivity index (χ3v) is 5.51. The molecule has 0 radical (unpaired) electrons. The van der Waals surface area contributed by atoms with Gasteiger partial charge in [-0.3, -0.25) is 0 Å². The van der Waals surface area contributed by atoms with Gasteiger partial charge in [-0.25, -0.2) is 19.4 Å². The van der Waals surface area contributed by atoms with Gasteiger partial charge in [-0.1, -0.05) is 12.1 Å². The molecular weight excluding hydrogens is 362 g/mol. The Morgan fingerprint density at radius 3 is 2.59 bits per heavy atom. The Balaban J connectivity index is 1.31. The maximum atomic E-state index is 12.6. The van der Waals surface area contributed by atoms with Crippen LogP contribution in [-0.4, -0.2) is 56.9 Å². The van der Waals surface area contributed by atoms with Crippen molar-refractivity contribution in [1.82, 2.24) is 30.0 Å². The molecule has 1 saturated heterocycles. The Kier molecular flexibility index (Phi) is 5.01. The van der Waals surface area contributed by atoms with Gasteiger partial charge in [0.05, 0.1) is 11.7 Å². The van der Waals surface area contributed by atoms with Gasteiger partial charge in [0.15, 0.2) is 5.13 Å². The van der Waals surface area contributed by atoms with Crippen molar-refractivity contribution in [2.75, 3.05) is 31.1 Å². The van der Waals surface area contributed by atoms with E-state index < -0.39 is 0 Å². The van der Waals surface area contributed by atoms with Crippen LogP contribution in [0.2, 0.25) is 0 Å². The average molecular weight is 383 g/mol. The molecule has 1 aliphatic heterocycles. The summed E-state index contributed by atoms with van der Waals surface area (Å²) in [6.07, 6.45) is 4.98. The summed E-state index contributed by atoms with van der Waals surface area (Å²) in [5.74, 6) is 0. The van der Waals surface area contributed by atoms with Gasteiger partial charge in [0, 0.05) is 37.8 Å². The number of carbonyl (C=O) groups is 1. The van der Waals surface area contributed by atoms with Gasteiger partial charge in [-0.15, -0.1) is 11.3 Å². The Labute approximate surface area is 161 Å². The third-order valence-electron chi connectivity index (χ3n) is 4.67. The molecule has 3 heterocycles. The molecule has 2 amide bonds. The zero-order valence-corrected chi connectivity index (χ0v) is 15.8. The quantitative estimate of drug-likeness (QED) is 0.748. The predicted molar refractivity (Wildman–Crippen MR) is 104 cm³/mol. The minimum absolute atomic E-state index is 0.0263. The van der Waals surface area contributed by atoms with Gasteiger partial charge in [0.25, 0.3) is 0 Å². The third kappa shape index (κ3) is 3.92. The molecule has 1 unspecified atom stereocenters. The maximum Gasteiger partial charge on any atom is 0.317 e. The highest BCUT2D eigenvalue weighted by molar-refractivity contribution is 7.13. The lowest BCUT2D eigenvalue weighted by molar-refractivity contribution is 0.191. The molecule has 1 aromatic carbocycles. The van der Waals surface area contributed by atoms with E-state index in [1.165, 1.54) is 6.33 Å². The van der Waals surface area contributed by atoms with Crippen LogP contribution in [0, 0.1) is 0 Å². The second-order valence-corrected chi connectivity index (χ2v) is 7.26. The first-order valence-corrected chi connectivity index (χ1v) is 9.73. The molecule has 0 spiro atoms. The summed E-state index contributed by atoms with van der Waals surface area (Å²) in [6, 6.07) is 7.85. The summed E-state index contributed by atoms with van der Waals surface area (Å²) in [7, 11) is 0. The number of aromatic nitrogens is 4. The molecule has 1 N–H and O–H groups in total. The number of piperazine rings is 1. The van der Waals surface area contributed by atoms with Crippen molar-refractivity contribution in [2.24, 2.45) is 0 Å². The highest BCUT2D eigenvalue weighted by atomic mass is 32.1. The molecule has 1 aliphatic rings. The van der Waals surface area contributed by atoms with Crippen LogP contribution in [0.4, 0.5) is 9.93 Å². The van der Waals surface area contributed by atoms with Crippen molar-refractivity contribution >= 4 is 22.5 Å². The SMILES string of the molecule is CC(NC(=O)N1CCN(c2nccs2)CC1)c1ccc(-n2cncn2)cc1. The Hall–Kier alpha value is -2.94. The number of benzene rings is 1. The number of nitrogens with one attached hydrogen (secondary N) is 1. The normalized spacial score (nSPS) is 15.6. The highest BCUT2D eigenvalue weighted by Gasteiger charge is 2.23. The van der Waals surface area contributed by atoms with Crippen LogP contribution in [0.25, 0.3) is 5.69 Å². The minimum Gasteiger partial charge on any atom is -0.345 e. The Bertz CT molecular complexity index is 856. The minimum atomic E-state index is -0.0701. The molecule has 140 valence electrons. The molecule has 27 heavy (non-hydrogen) atoms. The molecule has 0 aliphatic carbocycles. The van der Waals surface area contributed by atoms with Crippen LogP contribution < -0.4 is 10.2 Å². The van der Waals surface area contributed by atoms with Crippen LogP contribution in [0.1, 0.15) is 18.5 Å². The van der Waals surface area contributed by atoms with E-state index in [0.717, 1.165) is 29.5 Å². The van der Waals surface area contributed by atoms with Crippen molar-refractivity contribution in [3.05, 3.63) is 54.1 Å². The van der Waals surface area contributed by atoms with Gasteiger partial charge in [0.1, 0.15) is 12.7 Å². The summed E-state index contributed by atoms with van der Waals surface area (Å²) in [4.78, 5) is 25.0. The highest BCUT2D eigenvalue weighted by Crippen LogP contribution is 2.20.